The van der Waals surface area contributed by atoms with Crippen LogP contribution in [0.4, 0.5) is 11.4 Å². The molecule has 2 aliphatic rings. The van der Waals surface area contributed by atoms with E-state index in [1.807, 2.05) is 30.3 Å². The number of carbonyl (C=O) groups excluding carboxylic acids is 3. The molecule has 2 saturated heterocycles. The van der Waals surface area contributed by atoms with Crippen molar-refractivity contribution in [1.82, 2.24) is 9.78 Å². The molecule has 1 aromatic heterocycles. The topological polar surface area (TPSA) is 94.0 Å². The van der Waals surface area contributed by atoms with Crippen molar-refractivity contribution in [2.24, 2.45) is 13.0 Å². The lowest BCUT2D eigenvalue weighted by Crippen LogP contribution is -2.37. The molecule has 6 rings (SSSR count). The van der Waals surface area contributed by atoms with Crippen LogP contribution < -0.4 is 14.7 Å². The Labute approximate surface area is 222 Å². The molecular weight excluding hydrogens is 508 g/mol. The van der Waals surface area contributed by atoms with Crippen LogP contribution in [-0.4, -0.2) is 33.7 Å². The van der Waals surface area contributed by atoms with Crippen molar-refractivity contribution in [3.05, 3.63) is 107 Å². The summed E-state index contributed by atoms with van der Waals surface area (Å²) in [5, 5.41) is 6.10. The second-order valence-electron chi connectivity index (χ2n) is 8.94. The number of benzene rings is 3. The first-order valence-electron chi connectivity index (χ1n) is 11.9. The molecule has 4 aromatic rings. The summed E-state index contributed by atoms with van der Waals surface area (Å²) in [6.07, 6.45) is 0.521. The molecule has 9 nitrogen and oxygen atoms in total. The molecule has 38 heavy (non-hydrogen) atoms. The third-order valence-corrected chi connectivity index (χ3v) is 6.93. The van der Waals surface area contributed by atoms with Crippen molar-refractivity contribution < 1.29 is 24.0 Å². The van der Waals surface area contributed by atoms with Crippen molar-refractivity contribution in [3.63, 3.8) is 0 Å². The van der Waals surface area contributed by atoms with Crippen molar-refractivity contribution in [2.45, 2.75) is 12.1 Å². The molecule has 2 aliphatic heterocycles. The average Bonchev–Trinajstić information content (AvgIpc) is 3.60. The fourth-order valence-corrected chi connectivity index (χ4v) is 4.99. The van der Waals surface area contributed by atoms with Crippen molar-refractivity contribution >= 4 is 40.8 Å². The molecular formula is C28H21ClN4O5. The summed E-state index contributed by atoms with van der Waals surface area (Å²) >= 11 is 6.00. The quantitative estimate of drug-likeness (QED) is 0.216. The molecule has 3 heterocycles. The number of halogens is 1. The zero-order valence-corrected chi connectivity index (χ0v) is 20.9. The van der Waals surface area contributed by atoms with Gasteiger partial charge < -0.3 is 4.74 Å². The van der Waals surface area contributed by atoms with Gasteiger partial charge in [0, 0.05) is 18.3 Å². The summed E-state index contributed by atoms with van der Waals surface area (Å²) in [6, 6.07) is 23.6. The van der Waals surface area contributed by atoms with E-state index in [9.17, 15) is 14.4 Å². The Morgan fingerprint density at radius 2 is 1.61 bits per heavy atom. The van der Waals surface area contributed by atoms with Crippen LogP contribution in [-0.2, 0) is 21.5 Å². The van der Waals surface area contributed by atoms with Gasteiger partial charge in [-0.15, -0.1) is 0 Å². The smallest absolute Gasteiger partial charge is 0.361 e. The van der Waals surface area contributed by atoms with E-state index >= 15 is 0 Å². The Bertz CT molecular complexity index is 1520. The van der Waals surface area contributed by atoms with Crippen LogP contribution in [0, 0.1) is 5.92 Å². The van der Waals surface area contributed by atoms with Gasteiger partial charge in [-0.3, -0.25) is 19.1 Å². The molecule has 0 radical (unpaired) electrons. The standard InChI is InChI=1S/C28H21ClN4O5/c1-31-22(15-16-30-31)28(36)37-21-13-7-17(8-14-21)24-23-25(38-33(24)20-5-3-2-4-6-20)27(35)32(26(23)34)19-11-9-18(29)10-12-19/h2-16,23-25H,1H3/t23-,24+,25+/m1/s1. The summed E-state index contributed by atoms with van der Waals surface area (Å²) < 4.78 is 6.92. The molecule has 3 atom stereocenters. The number of fused-ring (bicyclic) bond motifs is 1. The van der Waals surface area contributed by atoms with Gasteiger partial charge in [0.2, 0.25) is 5.91 Å². The number of rotatable bonds is 5. The maximum Gasteiger partial charge on any atom is 0.361 e. The largest absolute Gasteiger partial charge is 0.422 e. The Balaban J connectivity index is 1.33. The van der Waals surface area contributed by atoms with Gasteiger partial charge >= 0.3 is 5.97 Å². The van der Waals surface area contributed by atoms with E-state index in [4.69, 9.17) is 21.2 Å². The van der Waals surface area contributed by atoms with Crippen LogP contribution in [0.5, 0.6) is 5.75 Å². The van der Waals surface area contributed by atoms with Crippen molar-refractivity contribution in [1.29, 1.82) is 0 Å². The lowest BCUT2D eigenvalue weighted by atomic mass is 9.90. The lowest BCUT2D eigenvalue weighted by molar-refractivity contribution is -0.126. The molecule has 0 unspecified atom stereocenters. The van der Waals surface area contributed by atoms with Gasteiger partial charge in [-0.25, -0.2) is 14.8 Å². The molecule has 0 aliphatic carbocycles. The SMILES string of the molecule is Cn1nccc1C(=O)Oc1ccc([C@H]2[C@H]3C(=O)N(c4ccc(Cl)cc4)C(=O)[C@H]3ON2c2ccccc2)cc1. The van der Waals surface area contributed by atoms with Gasteiger partial charge in [-0.2, -0.15) is 5.10 Å². The normalized spacial score (nSPS) is 20.6. The number of nitrogens with zero attached hydrogens (tertiary/aromatic N) is 4. The molecule has 2 amide bonds. The predicted octanol–water partition coefficient (Wildman–Crippen LogP) is 4.34. The molecule has 2 fully saturated rings. The number of anilines is 2. The van der Waals surface area contributed by atoms with Crippen molar-refractivity contribution in [3.8, 4) is 5.75 Å². The van der Waals surface area contributed by atoms with Crippen LogP contribution in [0.3, 0.4) is 0 Å². The second-order valence-corrected chi connectivity index (χ2v) is 9.38. The lowest BCUT2D eigenvalue weighted by Gasteiger charge is -2.28. The summed E-state index contributed by atoms with van der Waals surface area (Å²) in [7, 11) is 1.65. The highest BCUT2D eigenvalue weighted by Crippen LogP contribution is 2.47. The number of para-hydroxylation sites is 1. The molecule has 0 N–H and O–H groups in total. The number of amides is 2. The van der Waals surface area contributed by atoms with Crippen LogP contribution in [0.1, 0.15) is 22.1 Å². The number of hydroxylamine groups is 1. The zero-order valence-electron chi connectivity index (χ0n) is 20.1. The predicted molar refractivity (Wildman–Crippen MR) is 139 cm³/mol. The summed E-state index contributed by atoms with van der Waals surface area (Å²) in [4.78, 5) is 46.9. The fourth-order valence-electron chi connectivity index (χ4n) is 4.86. The minimum Gasteiger partial charge on any atom is -0.422 e. The van der Waals surface area contributed by atoms with E-state index in [0.29, 0.717) is 27.8 Å². The number of aryl methyl sites for hydroxylation is 1. The molecule has 3 aromatic carbocycles. The molecule has 10 heteroatoms. The van der Waals surface area contributed by atoms with E-state index in [2.05, 4.69) is 5.10 Å². The number of esters is 1. The van der Waals surface area contributed by atoms with Gasteiger partial charge in [0.1, 0.15) is 17.4 Å². The Kier molecular flexibility index (Phi) is 5.94. The maximum absolute atomic E-state index is 13.7. The molecule has 0 spiro atoms. The molecule has 190 valence electrons. The van der Waals surface area contributed by atoms with Gasteiger partial charge in [0.25, 0.3) is 5.91 Å². The summed E-state index contributed by atoms with van der Waals surface area (Å²) in [5.74, 6) is -1.80. The summed E-state index contributed by atoms with van der Waals surface area (Å²) in [6.45, 7) is 0. The third kappa shape index (κ3) is 4.02. The van der Waals surface area contributed by atoms with E-state index in [1.165, 1.54) is 10.9 Å². The summed E-state index contributed by atoms with van der Waals surface area (Å²) in [5.41, 5.74) is 2.18. The zero-order chi connectivity index (χ0) is 26.4. The molecule has 0 saturated carbocycles. The minimum absolute atomic E-state index is 0.314. The number of ether oxygens (including phenoxy) is 1. The maximum atomic E-state index is 13.7. The first-order valence-corrected chi connectivity index (χ1v) is 12.2. The Hall–Kier alpha value is -4.47. The van der Waals surface area contributed by atoms with Crippen LogP contribution in [0.25, 0.3) is 0 Å². The highest BCUT2D eigenvalue weighted by molar-refractivity contribution is 6.31. The number of hydrogen-bond donors (Lipinski definition) is 0. The van der Waals surface area contributed by atoms with E-state index < -0.39 is 29.9 Å². The van der Waals surface area contributed by atoms with Crippen LogP contribution in [0.2, 0.25) is 5.02 Å². The number of imide groups is 1. The van der Waals surface area contributed by atoms with E-state index in [-0.39, 0.29) is 5.91 Å². The van der Waals surface area contributed by atoms with Gasteiger partial charge in [-0.05, 0) is 60.2 Å². The Morgan fingerprint density at radius 1 is 0.895 bits per heavy atom. The minimum atomic E-state index is -0.995. The fraction of sp³-hybridized carbons (Fsp3) is 0.143. The third-order valence-electron chi connectivity index (χ3n) is 6.67. The Morgan fingerprint density at radius 3 is 2.26 bits per heavy atom. The van der Waals surface area contributed by atoms with E-state index in [0.717, 1.165) is 10.5 Å². The first kappa shape index (κ1) is 23.9. The monoisotopic (exact) mass is 528 g/mol. The molecule has 0 bridgehead atoms. The highest BCUT2D eigenvalue weighted by atomic mass is 35.5. The number of carbonyl (C=O) groups is 3. The number of aromatic nitrogens is 2. The second kappa shape index (κ2) is 9.44. The van der Waals surface area contributed by atoms with Gasteiger partial charge in [0.05, 0.1) is 17.4 Å². The number of hydrogen-bond acceptors (Lipinski definition) is 7. The van der Waals surface area contributed by atoms with Crippen LogP contribution >= 0.6 is 11.6 Å². The van der Waals surface area contributed by atoms with Crippen LogP contribution in [0.15, 0.2) is 91.1 Å². The van der Waals surface area contributed by atoms with Gasteiger partial charge in [0.15, 0.2) is 6.10 Å². The average molecular weight is 529 g/mol. The van der Waals surface area contributed by atoms with E-state index in [1.54, 1.807) is 66.7 Å². The highest BCUT2D eigenvalue weighted by Gasteiger charge is 2.60. The van der Waals surface area contributed by atoms with Crippen molar-refractivity contribution in [2.75, 3.05) is 9.96 Å². The van der Waals surface area contributed by atoms with Gasteiger partial charge in [-0.1, -0.05) is 41.9 Å². The first-order chi connectivity index (χ1) is 18.4.